The number of urea groups is 1. The molecule has 0 spiro atoms. The van der Waals surface area contributed by atoms with Gasteiger partial charge in [0.15, 0.2) is 0 Å². The predicted molar refractivity (Wildman–Crippen MR) is 58.8 cm³/mol. The second kappa shape index (κ2) is 4.84. The lowest BCUT2D eigenvalue weighted by Crippen LogP contribution is -2.48. The predicted octanol–water partition coefficient (Wildman–Crippen LogP) is 1.58. The van der Waals surface area contributed by atoms with Crippen molar-refractivity contribution in [3.8, 4) is 0 Å². The Kier molecular flexibility index (Phi) is 3.97. The molecule has 3 amide bonds. The summed E-state index contributed by atoms with van der Waals surface area (Å²) in [6.07, 6.45) is 1.94. The van der Waals surface area contributed by atoms with Gasteiger partial charge in [-0.15, -0.1) is 11.6 Å². The molecule has 1 saturated heterocycles. The first-order valence-corrected chi connectivity index (χ1v) is 5.63. The molecule has 86 valence electrons. The van der Waals surface area contributed by atoms with Gasteiger partial charge in [-0.2, -0.15) is 0 Å². The Morgan fingerprint density at radius 1 is 1.33 bits per heavy atom. The Bertz CT molecular complexity index is 256. The maximum atomic E-state index is 11.5. The number of piperidine rings is 1. The van der Waals surface area contributed by atoms with E-state index in [9.17, 15) is 9.59 Å². The maximum absolute atomic E-state index is 11.5. The van der Waals surface area contributed by atoms with Crippen LogP contribution in [0.15, 0.2) is 0 Å². The number of nitrogens with zero attached hydrogens (tertiary/aromatic N) is 1. The van der Waals surface area contributed by atoms with E-state index in [-0.39, 0.29) is 11.9 Å². The van der Waals surface area contributed by atoms with Crippen molar-refractivity contribution < 1.29 is 9.59 Å². The van der Waals surface area contributed by atoms with Crippen molar-refractivity contribution in [3.63, 3.8) is 0 Å². The van der Waals surface area contributed by atoms with E-state index < -0.39 is 5.91 Å². The smallest absolute Gasteiger partial charge is 0.324 e. The van der Waals surface area contributed by atoms with Gasteiger partial charge in [0, 0.05) is 13.1 Å². The van der Waals surface area contributed by atoms with E-state index in [1.54, 1.807) is 4.90 Å². The number of amides is 3. The van der Waals surface area contributed by atoms with Crippen LogP contribution in [0.3, 0.4) is 0 Å². The van der Waals surface area contributed by atoms with E-state index in [4.69, 9.17) is 11.6 Å². The Morgan fingerprint density at radius 2 is 1.87 bits per heavy atom. The standard InChI is InChI=1S/C10H17ClN2O2/c1-10(2)3-5-13(6-4-10)9(15)12-8(14)7-11/h3-7H2,1-2H3,(H,12,14,15). The minimum absolute atomic E-state index is 0.176. The monoisotopic (exact) mass is 232 g/mol. The number of halogens is 1. The van der Waals surface area contributed by atoms with Crippen molar-refractivity contribution in [2.75, 3.05) is 19.0 Å². The third-order valence-electron chi connectivity index (χ3n) is 2.77. The Labute approximate surface area is 95.0 Å². The van der Waals surface area contributed by atoms with E-state index in [1.165, 1.54) is 0 Å². The summed E-state index contributed by atoms with van der Waals surface area (Å²) < 4.78 is 0. The van der Waals surface area contributed by atoms with Gasteiger partial charge in [-0.05, 0) is 18.3 Å². The summed E-state index contributed by atoms with van der Waals surface area (Å²) in [5.74, 6) is -0.614. The third kappa shape index (κ3) is 3.70. The van der Waals surface area contributed by atoms with E-state index in [1.807, 2.05) is 0 Å². The molecule has 0 aromatic carbocycles. The van der Waals surface area contributed by atoms with Gasteiger partial charge in [0.05, 0.1) is 0 Å². The molecule has 1 N–H and O–H groups in total. The zero-order valence-electron chi connectivity index (χ0n) is 9.18. The Balaban J connectivity index is 2.40. The van der Waals surface area contributed by atoms with Crippen LogP contribution < -0.4 is 5.32 Å². The van der Waals surface area contributed by atoms with Crippen LogP contribution in [0.25, 0.3) is 0 Å². The van der Waals surface area contributed by atoms with Crippen LogP contribution in [0.5, 0.6) is 0 Å². The fraction of sp³-hybridized carbons (Fsp3) is 0.800. The third-order valence-corrected chi connectivity index (χ3v) is 3.01. The van der Waals surface area contributed by atoms with E-state index in [0.29, 0.717) is 18.5 Å². The van der Waals surface area contributed by atoms with Gasteiger partial charge < -0.3 is 4.90 Å². The van der Waals surface area contributed by atoms with Crippen LogP contribution in [-0.4, -0.2) is 35.8 Å². The van der Waals surface area contributed by atoms with Crippen molar-refractivity contribution in [1.29, 1.82) is 0 Å². The second-order valence-electron chi connectivity index (χ2n) is 4.64. The molecule has 0 bridgehead atoms. The number of likely N-dealkylation sites (tertiary alicyclic amines) is 1. The van der Waals surface area contributed by atoms with Crippen LogP contribution in [0.4, 0.5) is 4.79 Å². The lowest BCUT2D eigenvalue weighted by Gasteiger charge is -2.36. The first-order valence-electron chi connectivity index (χ1n) is 5.09. The summed E-state index contributed by atoms with van der Waals surface area (Å²) in [6.45, 7) is 5.78. The summed E-state index contributed by atoms with van der Waals surface area (Å²) in [5.41, 5.74) is 0.299. The van der Waals surface area contributed by atoms with E-state index >= 15 is 0 Å². The molecular formula is C10H17ClN2O2. The number of carbonyl (C=O) groups is 2. The number of hydrogen-bond acceptors (Lipinski definition) is 2. The van der Waals surface area contributed by atoms with Gasteiger partial charge in [0.1, 0.15) is 5.88 Å². The highest BCUT2D eigenvalue weighted by atomic mass is 35.5. The summed E-state index contributed by atoms with van der Waals surface area (Å²) >= 11 is 5.30. The van der Waals surface area contributed by atoms with Crippen LogP contribution in [0.1, 0.15) is 26.7 Å². The van der Waals surface area contributed by atoms with Crippen molar-refractivity contribution >= 4 is 23.5 Å². The van der Waals surface area contributed by atoms with Crippen molar-refractivity contribution in [2.45, 2.75) is 26.7 Å². The van der Waals surface area contributed by atoms with Gasteiger partial charge in [0.25, 0.3) is 0 Å². The van der Waals surface area contributed by atoms with Crippen molar-refractivity contribution in [3.05, 3.63) is 0 Å². The summed E-state index contributed by atoms with van der Waals surface area (Å²) in [7, 11) is 0. The molecular weight excluding hydrogens is 216 g/mol. The molecule has 0 aromatic rings. The molecule has 1 aliphatic heterocycles. The van der Waals surface area contributed by atoms with Gasteiger partial charge in [-0.25, -0.2) is 4.79 Å². The Hall–Kier alpha value is -0.770. The lowest BCUT2D eigenvalue weighted by molar-refractivity contribution is -0.117. The van der Waals surface area contributed by atoms with Crippen LogP contribution in [-0.2, 0) is 4.79 Å². The maximum Gasteiger partial charge on any atom is 0.324 e. The van der Waals surface area contributed by atoms with Gasteiger partial charge in [-0.1, -0.05) is 13.8 Å². The number of alkyl halides is 1. The molecule has 5 heteroatoms. The highest BCUT2D eigenvalue weighted by Gasteiger charge is 2.28. The molecule has 0 radical (unpaired) electrons. The number of carbonyl (C=O) groups excluding carboxylic acids is 2. The number of rotatable bonds is 1. The fourth-order valence-electron chi connectivity index (χ4n) is 1.55. The summed E-state index contributed by atoms with van der Waals surface area (Å²) in [4.78, 5) is 24.1. The lowest BCUT2D eigenvalue weighted by atomic mass is 9.83. The average Bonchev–Trinajstić information content (AvgIpc) is 2.17. The minimum Gasteiger partial charge on any atom is -0.324 e. The average molecular weight is 233 g/mol. The summed E-state index contributed by atoms with van der Waals surface area (Å²) in [6, 6.07) is -0.323. The second-order valence-corrected chi connectivity index (χ2v) is 4.91. The highest BCUT2D eigenvalue weighted by Crippen LogP contribution is 2.29. The van der Waals surface area contributed by atoms with Crippen LogP contribution in [0.2, 0.25) is 0 Å². The molecule has 0 aromatic heterocycles. The molecule has 0 aliphatic carbocycles. The zero-order chi connectivity index (χ0) is 11.5. The topological polar surface area (TPSA) is 49.4 Å². The van der Waals surface area contributed by atoms with Gasteiger partial charge >= 0.3 is 6.03 Å². The quantitative estimate of drug-likeness (QED) is 0.698. The molecule has 1 rings (SSSR count). The van der Waals surface area contributed by atoms with Crippen LogP contribution >= 0.6 is 11.6 Å². The number of nitrogens with one attached hydrogen (secondary N) is 1. The van der Waals surface area contributed by atoms with E-state index in [0.717, 1.165) is 12.8 Å². The SMILES string of the molecule is CC1(C)CCN(C(=O)NC(=O)CCl)CC1. The zero-order valence-corrected chi connectivity index (χ0v) is 9.93. The van der Waals surface area contributed by atoms with E-state index in [2.05, 4.69) is 19.2 Å². The first-order chi connectivity index (χ1) is 6.94. The summed E-state index contributed by atoms with van der Waals surface area (Å²) in [5, 5.41) is 2.24. The fourth-order valence-corrected chi connectivity index (χ4v) is 1.61. The molecule has 4 nitrogen and oxygen atoms in total. The normalized spacial score (nSPS) is 19.8. The highest BCUT2D eigenvalue weighted by molar-refractivity contribution is 6.28. The van der Waals surface area contributed by atoms with Crippen LogP contribution in [0, 0.1) is 5.41 Å². The molecule has 0 atom stereocenters. The molecule has 1 fully saturated rings. The molecule has 1 aliphatic rings. The molecule has 15 heavy (non-hydrogen) atoms. The van der Waals surface area contributed by atoms with Gasteiger partial charge in [-0.3, -0.25) is 10.1 Å². The Morgan fingerprint density at radius 3 is 2.33 bits per heavy atom. The number of hydrogen-bond donors (Lipinski definition) is 1. The minimum atomic E-state index is -0.438. The molecule has 1 heterocycles. The van der Waals surface area contributed by atoms with Crippen molar-refractivity contribution in [2.24, 2.45) is 5.41 Å². The largest absolute Gasteiger partial charge is 0.324 e. The van der Waals surface area contributed by atoms with Crippen molar-refractivity contribution in [1.82, 2.24) is 10.2 Å². The molecule has 0 unspecified atom stereocenters. The number of imide groups is 1. The van der Waals surface area contributed by atoms with Gasteiger partial charge in [0.2, 0.25) is 5.91 Å². The first kappa shape index (κ1) is 12.3. The molecule has 0 saturated carbocycles.